The summed E-state index contributed by atoms with van der Waals surface area (Å²) in [7, 11) is 4.78. The third-order valence-corrected chi connectivity index (χ3v) is 5.04. The van der Waals surface area contributed by atoms with Crippen molar-refractivity contribution in [3.05, 3.63) is 41.0 Å². The van der Waals surface area contributed by atoms with E-state index in [1.807, 2.05) is 12.1 Å². The number of hydrogen-bond acceptors (Lipinski definition) is 6. The van der Waals surface area contributed by atoms with Crippen molar-refractivity contribution < 1.29 is 24.4 Å². The molecule has 3 rings (SSSR count). The van der Waals surface area contributed by atoms with Crippen LogP contribution in [-0.2, 0) is 6.42 Å². The van der Waals surface area contributed by atoms with E-state index in [0.29, 0.717) is 17.2 Å². The Morgan fingerprint density at radius 3 is 2.15 bits per heavy atom. The van der Waals surface area contributed by atoms with Crippen molar-refractivity contribution in [2.24, 2.45) is 0 Å². The zero-order valence-corrected chi connectivity index (χ0v) is 15.5. The number of methoxy groups -OCH3 is 3. The molecule has 0 saturated heterocycles. The molecule has 26 heavy (non-hydrogen) atoms. The van der Waals surface area contributed by atoms with E-state index in [9.17, 15) is 10.2 Å². The molecular formula is C20H25NO5. The van der Waals surface area contributed by atoms with Crippen LogP contribution < -0.4 is 19.5 Å². The summed E-state index contributed by atoms with van der Waals surface area (Å²) in [6, 6.07) is 7.19. The van der Waals surface area contributed by atoms with E-state index in [1.165, 1.54) is 0 Å². The van der Waals surface area contributed by atoms with Crippen molar-refractivity contribution >= 4 is 0 Å². The van der Waals surface area contributed by atoms with Gasteiger partial charge in [0, 0.05) is 12.0 Å². The van der Waals surface area contributed by atoms with Crippen molar-refractivity contribution in [3.63, 3.8) is 0 Å². The molecule has 0 aliphatic carbocycles. The normalized spacial score (nSPS) is 17.3. The molecule has 0 aromatic heterocycles. The van der Waals surface area contributed by atoms with E-state index in [0.717, 1.165) is 29.7 Å². The molecule has 1 aliphatic rings. The fourth-order valence-corrected chi connectivity index (χ4v) is 3.62. The minimum absolute atomic E-state index is 0.00643. The maximum atomic E-state index is 9.94. The zero-order chi connectivity index (χ0) is 18.8. The Morgan fingerprint density at radius 2 is 1.58 bits per heavy atom. The number of nitrogens with one attached hydrogen (secondary N) is 1. The van der Waals surface area contributed by atoms with E-state index in [-0.39, 0.29) is 23.5 Å². The summed E-state index contributed by atoms with van der Waals surface area (Å²) in [5.74, 6) is 1.67. The van der Waals surface area contributed by atoms with Crippen molar-refractivity contribution in [3.8, 4) is 28.7 Å². The smallest absolute Gasteiger partial charge is 0.203 e. The number of rotatable bonds is 5. The quantitative estimate of drug-likeness (QED) is 0.712. The fraction of sp³-hybridized carbons (Fsp3) is 0.400. The van der Waals surface area contributed by atoms with Gasteiger partial charge in [-0.1, -0.05) is 6.92 Å². The molecule has 2 atom stereocenters. The lowest BCUT2D eigenvalue weighted by Gasteiger charge is -2.32. The first-order valence-electron chi connectivity index (χ1n) is 8.58. The number of ether oxygens (including phenoxy) is 3. The fourth-order valence-electron chi connectivity index (χ4n) is 3.62. The molecule has 0 spiro atoms. The number of benzene rings is 2. The Kier molecular flexibility index (Phi) is 5.13. The Labute approximate surface area is 153 Å². The van der Waals surface area contributed by atoms with E-state index >= 15 is 0 Å². The second-order valence-electron chi connectivity index (χ2n) is 6.47. The molecule has 1 aliphatic heterocycles. The molecule has 6 heteroatoms. The molecule has 2 aromatic rings. The van der Waals surface area contributed by atoms with Crippen LogP contribution in [0, 0.1) is 0 Å². The average molecular weight is 359 g/mol. The minimum Gasteiger partial charge on any atom is -0.504 e. The van der Waals surface area contributed by atoms with Gasteiger partial charge < -0.3 is 29.7 Å². The monoisotopic (exact) mass is 359 g/mol. The highest BCUT2D eigenvalue weighted by Crippen LogP contribution is 2.44. The zero-order valence-electron chi connectivity index (χ0n) is 15.5. The summed E-state index contributed by atoms with van der Waals surface area (Å²) < 4.78 is 16.3. The first-order valence-corrected chi connectivity index (χ1v) is 8.58. The second kappa shape index (κ2) is 7.33. The van der Waals surface area contributed by atoms with Crippen molar-refractivity contribution in [1.82, 2.24) is 5.32 Å². The van der Waals surface area contributed by atoms with E-state index < -0.39 is 0 Å². The van der Waals surface area contributed by atoms with Gasteiger partial charge in [-0.25, -0.2) is 0 Å². The summed E-state index contributed by atoms with van der Waals surface area (Å²) >= 11 is 0. The maximum absolute atomic E-state index is 9.94. The first kappa shape index (κ1) is 18.2. The Morgan fingerprint density at radius 1 is 0.962 bits per heavy atom. The summed E-state index contributed by atoms with van der Waals surface area (Å²) in [6.45, 7) is 2.91. The van der Waals surface area contributed by atoms with Crippen LogP contribution in [0.1, 0.15) is 35.6 Å². The number of phenols is 2. The molecule has 6 nitrogen and oxygen atoms in total. The van der Waals surface area contributed by atoms with Crippen LogP contribution in [0.25, 0.3) is 0 Å². The lowest BCUT2D eigenvalue weighted by molar-refractivity contribution is 0.322. The van der Waals surface area contributed by atoms with E-state index in [1.54, 1.807) is 33.5 Å². The van der Waals surface area contributed by atoms with Crippen LogP contribution in [0.4, 0.5) is 0 Å². The van der Waals surface area contributed by atoms with Crippen LogP contribution >= 0.6 is 0 Å². The molecule has 1 heterocycles. The van der Waals surface area contributed by atoms with Crippen LogP contribution in [0.3, 0.4) is 0 Å². The first-order chi connectivity index (χ1) is 12.5. The summed E-state index contributed by atoms with van der Waals surface area (Å²) in [4.78, 5) is 0. The van der Waals surface area contributed by atoms with Gasteiger partial charge in [0.05, 0.1) is 21.3 Å². The highest BCUT2D eigenvalue weighted by molar-refractivity contribution is 5.55. The van der Waals surface area contributed by atoms with Crippen molar-refractivity contribution in [2.45, 2.75) is 25.3 Å². The second-order valence-corrected chi connectivity index (χ2v) is 6.47. The number of fused-ring (bicyclic) bond motifs is 1. The predicted octanol–water partition coefficient (Wildman–Crippen LogP) is 3.11. The van der Waals surface area contributed by atoms with Crippen molar-refractivity contribution in [2.75, 3.05) is 27.9 Å². The third kappa shape index (κ3) is 3.12. The molecule has 0 unspecified atom stereocenters. The van der Waals surface area contributed by atoms with Gasteiger partial charge in [0.25, 0.3) is 0 Å². The number of aromatic hydroxyl groups is 2. The van der Waals surface area contributed by atoms with Gasteiger partial charge >= 0.3 is 0 Å². The molecular weight excluding hydrogens is 334 g/mol. The molecule has 0 radical (unpaired) electrons. The van der Waals surface area contributed by atoms with Gasteiger partial charge in [0.2, 0.25) is 5.75 Å². The summed E-state index contributed by atoms with van der Waals surface area (Å²) in [6.07, 6.45) is 0.807. The molecule has 2 aromatic carbocycles. The Bertz CT molecular complexity index is 780. The Balaban J connectivity index is 2.03. The Hall–Kier alpha value is -2.60. The molecule has 0 bridgehead atoms. The minimum atomic E-state index is -0.102. The lowest BCUT2D eigenvalue weighted by Crippen LogP contribution is -2.33. The number of hydrogen-bond donors (Lipinski definition) is 3. The molecule has 140 valence electrons. The van der Waals surface area contributed by atoms with Crippen LogP contribution in [0.15, 0.2) is 24.3 Å². The van der Waals surface area contributed by atoms with Crippen LogP contribution in [0.2, 0.25) is 0 Å². The molecule has 0 saturated carbocycles. The predicted molar refractivity (Wildman–Crippen MR) is 98.7 cm³/mol. The largest absolute Gasteiger partial charge is 0.504 e. The maximum Gasteiger partial charge on any atom is 0.203 e. The molecule has 3 N–H and O–H groups in total. The highest BCUT2D eigenvalue weighted by atomic mass is 16.5. The molecule has 0 amide bonds. The van der Waals surface area contributed by atoms with Gasteiger partial charge in [-0.2, -0.15) is 0 Å². The summed E-state index contributed by atoms with van der Waals surface area (Å²) in [5.41, 5.74) is 3.06. The van der Waals surface area contributed by atoms with Gasteiger partial charge in [0.15, 0.2) is 23.0 Å². The van der Waals surface area contributed by atoms with Gasteiger partial charge in [0.1, 0.15) is 0 Å². The highest BCUT2D eigenvalue weighted by Gasteiger charge is 2.28. The SMILES string of the molecule is COc1cc([C@@H](C)[C@@H]2NCCc3cc(O)c(O)cc32)cc(OC)c1OC. The van der Waals surface area contributed by atoms with Crippen LogP contribution in [0.5, 0.6) is 28.7 Å². The third-order valence-electron chi connectivity index (χ3n) is 5.04. The summed E-state index contributed by atoms with van der Waals surface area (Å²) in [5, 5.41) is 23.3. The standard InChI is InChI=1S/C20H25NO5/c1-11(13-8-17(24-2)20(26-4)18(9-13)25-3)19-14-10-16(23)15(22)7-12(14)5-6-21-19/h7-11,19,21-23H,5-6H2,1-4H3/t11-,19+/m1/s1. The topological polar surface area (TPSA) is 80.2 Å². The van der Waals surface area contributed by atoms with E-state index in [4.69, 9.17) is 14.2 Å². The number of phenolic OH excluding ortho intramolecular Hbond substituents is 2. The van der Waals surface area contributed by atoms with E-state index in [2.05, 4.69) is 12.2 Å². The average Bonchev–Trinajstić information content (AvgIpc) is 2.66. The van der Waals surface area contributed by atoms with Gasteiger partial charge in [-0.3, -0.25) is 0 Å². The van der Waals surface area contributed by atoms with Crippen molar-refractivity contribution in [1.29, 1.82) is 0 Å². The van der Waals surface area contributed by atoms with Crippen LogP contribution in [-0.4, -0.2) is 38.1 Å². The molecule has 0 fully saturated rings. The lowest BCUT2D eigenvalue weighted by atomic mass is 9.83. The van der Waals surface area contributed by atoms with Gasteiger partial charge in [-0.05, 0) is 53.9 Å². The van der Waals surface area contributed by atoms with Gasteiger partial charge in [-0.15, -0.1) is 0 Å².